The predicted molar refractivity (Wildman–Crippen MR) is 71.6 cm³/mol. The van der Waals surface area contributed by atoms with Gasteiger partial charge in [-0.25, -0.2) is 0 Å². The lowest BCUT2D eigenvalue weighted by Crippen LogP contribution is -2.16. The summed E-state index contributed by atoms with van der Waals surface area (Å²) in [7, 11) is 0. The fraction of sp³-hybridized carbons (Fsp3) is 0.750. The number of carbonyl (C=O) groups is 1. The zero-order valence-corrected chi connectivity index (χ0v) is 12.0. The summed E-state index contributed by atoms with van der Waals surface area (Å²) in [5, 5.41) is 17.8. The Hall–Kier alpha value is -1.08. The van der Waals surface area contributed by atoms with E-state index in [1.54, 1.807) is 0 Å². The number of aliphatic carboxylic acids is 1. The first-order valence-corrected chi connectivity index (χ1v) is 7.49. The third kappa shape index (κ3) is 3.70. The number of hydrogen-bond acceptors (Lipinski definition) is 5. The molecular formula is C12H19N3O3S. The smallest absolute Gasteiger partial charge is 0.313 e. The van der Waals surface area contributed by atoms with Crippen molar-refractivity contribution in [1.82, 2.24) is 14.8 Å². The second-order valence-electron chi connectivity index (χ2n) is 4.68. The minimum absolute atomic E-state index is 0.00412. The first kappa shape index (κ1) is 14.3. The Balaban J connectivity index is 2.14. The summed E-state index contributed by atoms with van der Waals surface area (Å²) in [4.78, 5) is 10.7. The monoisotopic (exact) mass is 285 g/mol. The average Bonchev–Trinajstić information content (AvgIpc) is 3.13. The van der Waals surface area contributed by atoms with Crippen LogP contribution in [0.15, 0.2) is 5.16 Å². The number of hydrogen-bond donors (Lipinski definition) is 1. The van der Waals surface area contributed by atoms with Gasteiger partial charge in [-0.3, -0.25) is 4.79 Å². The molecule has 0 aliphatic heterocycles. The number of rotatable bonds is 8. The van der Waals surface area contributed by atoms with Crippen LogP contribution in [0.1, 0.15) is 44.5 Å². The van der Waals surface area contributed by atoms with Gasteiger partial charge in [0.25, 0.3) is 0 Å². The first-order chi connectivity index (χ1) is 9.13. The van der Waals surface area contributed by atoms with Crippen molar-refractivity contribution < 1.29 is 14.6 Å². The van der Waals surface area contributed by atoms with Gasteiger partial charge in [-0.1, -0.05) is 11.8 Å². The molecule has 1 fully saturated rings. The zero-order valence-electron chi connectivity index (χ0n) is 11.2. The van der Waals surface area contributed by atoms with E-state index < -0.39 is 5.97 Å². The van der Waals surface area contributed by atoms with Crippen molar-refractivity contribution in [2.45, 2.75) is 43.8 Å². The van der Waals surface area contributed by atoms with Crippen LogP contribution >= 0.6 is 11.8 Å². The van der Waals surface area contributed by atoms with Crippen LogP contribution in [0.25, 0.3) is 0 Å². The predicted octanol–water partition coefficient (Wildman–Crippen LogP) is 1.93. The SMILES string of the molecule is CCOCC(C)n1c(SCC(=O)O)nnc1C1CC1. The van der Waals surface area contributed by atoms with Gasteiger partial charge in [-0.05, 0) is 26.7 Å². The molecule has 0 radical (unpaired) electrons. The molecule has 0 bridgehead atoms. The van der Waals surface area contributed by atoms with E-state index in [-0.39, 0.29) is 11.8 Å². The van der Waals surface area contributed by atoms with E-state index in [0.29, 0.717) is 24.3 Å². The van der Waals surface area contributed by atoms with Crippen LogP contribution in [0.4, 0.5) is 0 Å². The van der Waals surface area contributed by atoms with Gasteiger partial charge in [-0.15, -0.1) is 10.2 Å². The molecule has 1 aliphatic rings. The van der Waals surface area contributed by atoms with E-state index in [4.69, 9.17) is 9.84 Å². The molecule has 2 rings (SSSR count). The molecule has 6 nitrogen and oxygen atoms in total. The van der Waals surface area contributed by atoms with Gasteiger partial charge in [0.15, 0.2) is 5.16 Å². The summed E-state index contributed by atoms with van der Waals surface area (Å²) in [6.07, 6.45) is 2.28. The normalized spacial score (nSPS) is 16.5. The van der Waals surface area contributed by atoms with Gasteiger partial charge in [0.05, 0.1) is 18.4 Å². The first-order valence-electron chi connectivity index (χ1n) is 6.50. The molecule has 1 atom stereocenters. The highest BCUT2D eigenvalue weighted by Gasteiger charge is 2.32. The molecule has 1 aromatic rings. The molecular weight excluding hydrogens is 266 g/mol. The highest BCUT2D eigenvalue weighted by atomic mass is 32.2. The molecule has 7 heteroatoms. The molecule has 0 amide bonds. The minimum Gasteiger partial charge on any atom is -0.481 e. The van der Waals surface area contributed by atoms with E-state index in [2.05, 4.69) is 17.1 Å². The molecule has 1 heterocycles. The summed E-state index contributed by atoms with van der Waals surface area (Å²) >= 11 is 1.22. The lowest BCUT2D eigenvalue weighted by Gasteiger charge is -2.17. The third-order valence-electron chi connectivity index (χ3n) is 2.96. The largest absolute Gasteiger partial charge is 0.481 e. The molecule has 0 spiro atoms. The van der Waals surface area contributed by atoms with Gasteiger partial charge in [0.2, 0.25) is 0 Å². The molecule has 1 N–H and O–H groups in total. The number of aromatic nitrogens is 3. The van der Waals surface area contributed by atoms with Crippen LogP contribution in [0.5, 0.6) is 0 Å². The van der Waals surface area contributed by atoms with E-state index in [0.717, 1.165) is 18.7 Å². The maximum Gasteiger partial charge on any atom is 0.313 e. The fourth-order valence-corrected chi connectivity index (χ4v) is 2.67. The molecule has 0 aromatic carbocycles. The lowest BCUT2D eigenvalue weighted by atomic mass is 10.3. The van der Waals surface area contributed by atoms with Gasteiger partial charge >= 0.3 is 5.97 Å². The van der Waals surface area contributed by atoms with Crippen molar-refractivity contribution in [3.63, 3.8) is 0 Å². The van der Waals surface area contributed by atoms with Gasteiger partial charge in [-0.2, -0.15) is 0 Å². The van der Waals surface area contributed by atoms with E-state index in [1.807, 2.05) is 11.5 Å². The minimum atomic E-state index is -0.843. The highest BCUT2D eigenvalue weighted by molar-refractivity contribution is 7.99. The van der Waals surface area contributed by atoms with Crippen molar-refractivity contribution in [2.24, 2.45) is 0 Å². The lowest BCUT2D eigenvalue weighted by molar-refractivity contribution is -0.133. The molecule has 106 valence electrons. The van der Waals surface area contributed by atoms with Gasteiger partial charge in [0, 0.05) is 12.5 Å². The summed E-state index contributed by atoms with van der Waals surface area (Å²) in [5.74, 6) is 0.616. The average molecular weight is 285 g/mol. The van der Waals surface area contributed by atoms with E-state index in [1.165, 1.54) is 11.8 Å². The quantitative estimate of drug-likeness (QED) is 0.735. The zero-order chi connectivity index (χ0) is 13.8. The third-order valence-corrected chi connectivity index (χ3v) is 3.89. The second-order valence-corrected chi connectivity index (χ2v) is 5.62. The van der Waals surface area contributed by atoms with Crippen LogP contribution in [0.2, 0.25) is 0 Å². The molecule has 1 aliphatic carbocycles. The molecule has 1 aromatic heterocycles. The van der Waals surface area contributed by atoms with Crippen LogP contribution in [-0.4, -0.2) is 44.8 Å². The Morgan fingerprint density at radius 3 is 2.89 bits per heavy atom. The van der Waals surface area contributed by atoms with Crippen molar-refractivity contribution in [3.05, 3.63) is 5.82 Å². The van der Waals surface area contributed by atoms with Crippen molar-refractivity contribution >= 4 is 17.7 Å². The summed E-state index contributed by atoms with van der Waals surface area (Å²) in [6, 6.07) is 0.127. The Morgan fingerprint density at radius 2 is 2.32 bits per heavy atom. The fourth-order valence-electron chi connectivity index (χ4n) is 1.91. The summed E-state index contributed by atoms with van der Waals surface area (Å²) in [6.45, 7) is 5.27. The molecule has 1 saturated carbocycles. The number of nitrogens with zero attached hydrogens (tertiary/aromatic N) is 3. The van der Waals surface area contributed by atoms with Gasteiger partial charge in [0.1, 0.15) is 5.82 Å². The Labute approximate surface area is 116 Å². The number of carboxylic acids is 1. The number of ether oxygens (including phenoxy) is 1. The van der Waals surface area contributed by atoms with Crippen LogP contribution in [0.3, 0.4) is 0 Å². The van der Waals surface area contributed by atoms with Crippen molar-refractivity contribution in [1.29, 1.82) is 0 Å². The Bertz CT molecular complexity index is 445. The maximum absolute atomic E-state index is 10.7. The van der Waals surface area contributed by atoms with E-state index in [9.17, 15) is 4.79 Å². The molecule has 19 heavy (non-hydrogen) atoms. The van der Waals surface area contributed by atoms with Crippen molar-refractivity contribution in [2.75, 3.05) is 19.0 Å². The maximum atomic E-state index is 10.7. The number of carboxylic acid groups (broad SMARTS) is 1. The molecule has 1 unspecified atom stereocenters. The summed E-state index contributed by atoms with van der Waals surface area (Å²) in [5.41, 5.74) is 0. The van der Waals surface area contributed by atoms with Crippen LogP contribution in [-0.2, 0) is 9.53 Å². The Morgan fingerprint density at radius 1 is 1.58 bits per heavy atom. The topological polar surface area (TPSA) is 77.2 Å². The Kier molecular flexibility index (Phi) is 4.81. The molecule has 0 saturated heterocycles. The van der Waals surface area contributed by atoms with Crippen molar-refractivity contribution in [3.8, 4) is 0 Å². The van der Waals surface area contributed by atoms with E-state index >= 15 is 0 Å². The summed E-state index contributed by atoms with van der Waals surface area (Å²) < 4.78 is 7.50. The highest BCUT2D eigenvalue weighted by Crippen LogP contribution is 2.41. The van der Waals surface area contributed by atoms with Crippen LogP contribution in [0, 0.1) is 0 Å². The number of thioether (sulfide) groups is 1. The van der Waals surface area contributed by atoms with Gasteiger partial charge < -0.3 is 14.4 Å². The second kappa shape index (κ2) is 6.38. The van der Waals surface area contributed by atoms with Crippen LogP contribution < -0.4 is 0 Å². The standard InChI is InChI=1S/C12H19N3O3S/c1-3-18-6-8(2)15-11(9-4-5-9)13-14-12(15)19-7-10(16)17/h8-9H,3-7H2,1-2H3,(H,16,17).